The Morgan fingerprint density at radius 2 is 1.59 bits per heavy atom. The van der Waals surface area contributed by atoms with E-state index >= 15 is 0 Å². The summed E-state index contributed by atoms with van der Waals surface area (Å²) in [4.78, 5) is 28.9. The summed E-state index contributed by atoms with van der Waals surface area (Å²) in [6.07, 6.45) is 0.297. The standard InChI is InChI=1S/C30H35Cl2N3O5S/c1-6-27(29(37)33-30(2,3)4)34(19-21-12-17-25(31)26(32)18-21)28(36)20-35(22-10-8-7-9-11-22)41(38,39)24-15-13-23(40-5)14-16-24/h7-18,27H,6,19-20H2,1-5H3,(H,33,37)/t27-/m0/s1. The zero-order chi connectivity index (χ0) is 30.4. The number of nitrogens with zero attached hydrogens (tertiary/aromatic N) is 2. The van der Waals surface area contributed by atoms with E-state index in [0.717, 1.165) is 4.31 Å². The summed E-state index contributed by atoms with van der Waals surface area (Å²) in [5.41, 5.74) is 0.397. The van der Waals surface area contributed by atoms with Crippen LogP contribution in [0.25, 0.3) is 0 Å². The van der Waals surface area contributed by atoms with E-state index in [1.165, 1.54) is 24.1 Å². The molecular weight excluding hydrogens is 585 g/mol. The molecule has 8 nitrogen and oxygen atoms in total. The minimum atomic E-state index is -4.18. The molecule has 0 bridgehead atoms. The van der Waals surface area contributed by atoms with Crippen LogP contribution in [0.2, 0.25) is 10.0 Å². The molecule has 1 atom stereocenters. The molecule has 0 fully saturated rings. The highest BCUT2D eigenvalue weighted by Crippen LogP contribution is 2.27. The van der Waals surface area contributed by atoms with Gasteiger partial charge in [-0.1, -0.05) is 54.4 Å². The Balaban J connectivity index is 2.06. The van der Waals surface area contributed by atoms with Crippen LogP contribution in [0.1, 0.15) is 39.7 Å². The van der Waals surface area contributed by atoms with E-state index in [9.17, 15) is 18.0 Å². The van der Waals surface area contributed by atoms with Crippen molar-refractivity contribution in [1.82, 2.24) is 10.2 Å². The number of carbonyl (C=O) groups is 2. The van der Waals surface area contributed by atoms with Crippen LogP contribution in [0.3, 0.4) is 0 Å². The lowest BCUT2D eigenvalue weighted by Crippen LogP contribution is -2.55. The highest BCUT2D eigenvalue weighted by Gasteiger charge is 2.34. The van der Waals surface area contributed by atoms with Crippen molar-refractivity contribution >= 4 is 50.7 Å². The third-order valence-electron chi connectivity index (χ3n) is 6.19. The van der Waals surface area contributed by atoms with Gasteiger partial charge >= 0.3 is 0 Å². The van der Waals surface area contributed by atoms with E-state index in [2.05, 4.69) is 5.32 Å². The largest absolute Gasteiger partial charge is 0.497 e. The van der Waals surface area contributed by atoms with E-state index < -0.39 is 34.1 Å². The first-order chi connectivity index (χ1) is 19.3. The number of anilines is 1. The fourth-order valence-corrected chi connectivity index (χ4v) is 5.94. The predicted molar refractivity (Wildman–Crippen MR) is 163 cm³/mol. The maximum atomic E-state index is 14.1. The molecule has 0 aliphatic heterocycles. The molecule has 0 radical (unpaired) electrons. The Bertz CT molecular complexity index is 1460. The first-order valence-electron chi connectivity index (χ1n) is 13.0. The van der Waals surface area contributed by atoms with Crippen LogP contribution in [0.4, 0.5) is 5.69 Å². The van der Waals surface area contributed by atoms with Crippen molar-refractivity contribution in [1.29, 1.82) is 0 Å². The fourth-order valence-electron chi connectivity index (χ4n) is 4.21. The number of nitrogens with one attached hydrogen (secondary N) is 1. The second kappa shape index (κ2) is 13.6. The Kier molecular flexibility index (Phi) is 10.7. The molecule has 3 aromatic carbocycles. The quantitative estimate of drug-likeness (QED) is 0.287. The Morgan fingerprint density at radius 1 is 0.951 bits per heavy atom. The minimum absolute atomic E-state index is 0.0106. The Hall–Kier alpha value is -3.27. The summed E-state index contributed by atoms with van der Waals surface area (Å²) >= 11 is 12.3. The van der Waals surface area contributed by atoms with Gasteiger partial charge in [-0.05, 0) is 81.3 Å². The number of hydrogen-bond acceptors (Lipinski definition) is 5. The third-order valence-corrected chi connectivity index (χ3v) is 8.72. The van der Waals surface area contributed by atoms with Gasteiger partial charge in [0.1, 0.15) is 18.3 Å². The number of methoxy groups -OCH3 is 1. The number of carbonyl (C=O) groups excluding carboxylic acids is 2. The van der Waals surface area contributed by atoms with Crippen molar-refractivity contribution in [2.75, 3.05) is 18.0 Å². The van der Waals surface area contributed by atoms with Gasteiger partial charge < -0.3 is 15.0 Å². The number of para-hydroxylation sites is 1. The van der Waals surface area contributed by atoms with Crippen LogP contribution in [-0.2, 0) is 26.2 Å². The van der Waals surface area contributed by atoms with Crippen LogP contribution in [0.15, 0.2) is 77.7 Å². The van der Waals surface area contributed by atoms with Crippen molar-refractivity contribution in [3.8, 4) is 5.75 Å². The third kappa shape index (κ3) is 8.38. The Morgan fingerprint density at radius 3 is 2.12 bits per heavy atom. The molecule has 2 amide bonds. The number of ether oxygens (including phenoxy) is 1. The molecule has 0 saturated heterocycles. The Labute approximate surface area is 252 Å². The van der Waals surface area contributed by atoms with Crippen molar-refractivity contribution in [2.45, 2.75) is 57.1 Å². The second-order valence-electron chi connectivity index (χ2n) is 10.5. The number of rotatable bonds is 11. The molecule has 0 aromatic heterocycles. The summed E-state index contributed by atoms with van der Waals surface area (Å²) in [6, 6.07) is 18.4. The molecule has 0 aliphatic carbocycles. The van der Waals surface area contributed by atoms with Crippen LogP contribution in [-0.4, -0.2) is 50.4 Å². The van der Waals surface area contributed by atoms with Crippen LogP contribution >= 0.6 is 23.2 Å². The zero-order valence-electron chi connectivity index (χ0n) is 23.7. The molecule has 3 rings (SSSR count). The average molecular weight is 621 g/mol. The topological polar surface area (TPSA) is 96.0 Å². The van der Waals surface area contributed by atoms with Crippen molar-refractivity contribution < 1.29 is 22.7 Å². The van der Waals surface area contributed by atoms with Crippen LogP contribution in [0, 0.1) is 0 Å². The molecule has 3 aromatic rings. The van der Waals surface area contributed by atoms with E-state index in [4.69, 9.17) is 27.9 Å². The first kappa shape index (κ1) is 32.2. The van der Waals surface area contributed by atoms with Crippen LogP contribution in [0.5, 0.6) is 5.75 Å². The van der Waals surface area contributed by atoms with Gasteiger partial charge in [0.25, 0.3) is 10.0 Å². The monoisotopic (exact) mass is 619 g/mol. The van der Waals surface area contributed by atoms with Gasteiger partial charge in [-0.15, -0.1) is 0 Å². The molecule has 0 heterocycles. The zero-order valence-corrected chi connectivity index (χ0v) is 26.1. The molecular formula is C30H35Cl2N3O5S. The van der Waals surface area contributed by atoms with E-state index in [0.29, 0.717) is 33.5 Å². The smallest absolute Gasteiger partial charge is 0.264 e. The lowest BCUT2D eigenvalue weighted by molar-refractivity contribution is -0.141. The number of halogens is 2. The lowest BCUT2D eigenvalue weighted by atomic mass is 10.1. The van der Waals surface area contributed by atoms with E-state index in [1.807, 2.05) is 20.8 Å². The molecule has 1 N–H and O–H groups in total. The van der Waals surface area contributed by atoms with Gasteiger partial charge in [0, 0.05) is 12.1 Å². The molecule has 11 heteroatoms. The van der Waals surface area contributed by atoms with E-state index in [-0.39, 0.29) is 17.3 Å². The molecule has 0 unspecified atom stereocenters. The normalized spacial score (nSPS) is 12.4. The van der Waals surface area contributed by atoms with Gasteiger partial charge in [0.05, 0.1) is 27.7 Å². The summed E-state index contributed by atoms with van der Waals surface area (Å²) in [5.74, 6) is -0.416. The fraction of sp³-hybridized carbons (Fsp3) is 0.333. The minimum Gasteiger partial charge on any atom is -0.497 e. The molecule has 0 saturated carbocycles. The maximum absolute atomic E-state index is 14.1. The summed E-state index contributed by atoms with van der Waals surface area (Å²) < 4.78 is 34.0. The van der Waals surface area contributed by atoms with Gasteiger partial charge in [-0.3, -0.25) is 13.9 Å². The molecule has 220 valence electrons. The predicted octanol–water partition coefficient (Wildman–Crippen LogP) is 5.92. The molecule has 0 aliphatic rings. The summed E-state index contributed by atoms with van der Waals surface area (Å²) in [7, 11) is -2.70. The summed E-state index contributed by atoms with van der Waals surface area (Å²) in [6.45, 7) is 6.81. The van der Waals surface area contributed by atoms with E-state index in [1.54, 1.807) is 67.6 Å². The molecule has 41 heavy (non-hydrogen) atoms. The highest BCUT2D eigenvalue weighted by atomic mass is 35.5. The number of benzene rings is 3. The maximum Gasteiger partial charge on any atom is 0.264 e. The van der Waals surface area contributed by atoms with Crippen molar-refractivity contribution in [3.63, 3.8) is 0 Å². The summed E-state index contributed by atoms with van der Waals surface area (Å²) in [5, 5.41) is 3.60. The number of sulfonamides is 1. The number of amides is 2. The highest BCUT2D eigenvalue weighted by molar-refractivity contribution is 7.92. The lowest BCUT2D eigenvalue weighted by Gasteiger charge is -2.34. The second-order valence-corrected chi connectivity index (χ2v) is 13.1. The van der Waals surface area contributed by atoms with Gasteiger partial charge in [0.2, 0.25) is 11.8 Å². The average Bonchev–Trinajstić information content (AvgIpc) is 2.92. The van der Waals surface area contributed by atoms with Crippen molar-refractivity contribution in [2.24, 2.45) is 0 Å². The SMILES string of the molecule is CC[C@@H](C(=O)NC(C)(C)C)N(Cc1ccc(Cl)c(Cl)c1)C(=O)CN(c1ccccc1)S(=O)(=O)c1ccc(OC)cc1. The van der Waals surface area contributed by atoms with Gasteiger partial charge in [-0.25, -0.2) is 8.42 Å². The first-order valence-corrected chi connectivity index (χ1v) is 15.2. The van der Waals surface area contributed by atoms with Crippen LogP contribution < -0.4 is 14.4 Å². The number of hydrogen-bond donors (Lipinski definition) is 1. The molecule has 0 spiro atoms. The van der Waals surface area contributed by atoms with Gasteiger partial charge in [0.15, 0.2) is 0 Å². The van der Waals surface area contributed by atoms with Crippen molar-refractivity contribution in [3.05, 3.63) is 88.4 Å². The van der Waals surface area contributed by atoms with Gasteiger partial charge in [-0.2, -0.15) is 0 Å².